The number of hydrogen-bond donors (Lipinski definition) is 0. The molecule has 0 aromatic heterocycles. The van der Waals surface area contributed by atoms with Crippen LogP contribution in [0.15, 0.2) is 23.1 Å². The fraction of sp³-hybridized carbons (Fsp3) is 0.556. The third-order valence-electron chi connectivity index (χ3n) is 5.08. The van der Waals surface area contributed by atoms with E-state index in [1.54, 1.807) is 6.07 Å². The first-order valence-corrected chi connectivity index (χ1v) is 10.6. The monoisotopic (exact) mass is 395 g/mol. The Kier molecular flexibility index (Phi) is 5.83. The van der Waals surface area contributed by atoms with Crippen LogP contribution in [0.25, 0.3) is 0 Å². The summed E-state index contributed by atoms with van der Waals surface area (Å²) >= 11 is 0. The number of benzene rings is 1. The molecule has 0 radical (unpaired) electrons. The van der Waals surface area contributed by atoms with E-state index in [4.69, 9.17) is 4.74 Å². The van der Waals surface area contributed by atoms with Gasteiger partial charge in [0.15, 0.2) is 0 Å². The van der Waals surface area contributed by atoms with Gasteiger partial charge in [-0.25, -0.2) is 8.42 Å². The minimum Gasteiger partial charge on any atom is -0.495 e. The maximum Gasteiger partial charge on any atom is 0.246 e. The van der Waals surface area contributed by atoms with E-state index in [0.29, 0.717) is 32.6 Å². The zero-order valence-electron chi connectivity index (χ0n) is 15.7. The van der Waals surface area contributed by atoms with Crippen LogP contribution in [-0.4, -0.2) is 69.3 Å². The van der Waals surface area contributed by atoms with Gasteiger partial charge in [-0.1, -0.05) is 6.92 Å². The molecule has 2 fully saturated rings. The molecule has 2 amide bonds. The van der Waals surface area contributed by atoms with Crippen LogP contribution in [0.1, 0.15) is 26.2 Å². The number of hydrogen-bond acceptors (Lipinski definition) is 6. The highest BCUT2D eigenvalue weighted by Gasteiger charge is 2.33. The molecule has 0 unspecified atom stereocenters. The molecule has 2 aliphatic heterocycles. The lowest BCUT2D eigenvalue weighted by atomic mass is 10.1. The first kappa shape index (κ1) is 19.8. The van der Waals surface area contributed by atoms with E-state index in [2.05, 4.69) is 4.90 Å². The smallest absolute Gasteiger partial charge is 0.246 e. The van der Waals surface area contributed by atoms with Gasteiger partial charge in [-0.05, 0) is 31.2 Å². The Labute approximate surface area is 159 Å². The average molecular weight is 395 g/mol. The molecule has 0 atom stereocenters. The Bertz CT molecular complexity index is 815. The summed E-state index contributed by atoms with van der Waals surface area (Å²) in [5.41, 5.74) is 0.274. The van der Waals surface area contributed by atoms with Crippen LogP contribution in [0.2, 0.25) is 0 Å². The number of sulfonamides is 1. The minimum atomic E-state index is -3.80. The second kappa shape index (κ2) is 7.95. The number of amides is 2. The van der Waals surface area contributed by atoms with Gasteiger partial charge in [-0.3, -0.25) is 14.5 Å². The van der Waals surface area contributed by atoms with E-state index in [1.165, 1.54) is 23.5 Å². The van der Waals surface area contributed by atoms with Crippen molar-refractivity contribution < 1.29 is 22.7 Å². The van der Waals surface area contributed by atoms with Gasteiger partial charge in [-0.15, -0.1) is 0 Å². The highest BCUT2D eigenvalue weighted by Crippen LogP contribution is 2.33. The van der Waals surface area contributed by atoms with Crippen molar-refractivity contribution >= 4 is 27.5 Å². The van der Waals surface area contributed by atoms with Gasteiger partial charge in [0, 0.05) is 39.0 Å². The number of anilines is 1. The summed E-state index contributed by atoms with van der Waals surface area (Å²) in [5.74, 6) is -0.416. The minimum absolute atomic E-state index is 0.0152. The maximum atomic E-state index is 13.2. The SMILES string of the molecule is CCN1CCN(S(=O)(=O)c2cc(N3C(=O)CCCC3=O)ccc2OC)CC1. The highest BCUT2D eigenvalue weighted by molar-refractivity contribution is 7.89. The van der Waals surface area contributed by atoms with Crippen molar-refractivity contribution in [1.29, 1.82) is 0 Å². The van der Waals surface area contributed by atoms with Gasteiger partial charge >= 0.3 is 0 Å². The molecule has 148 valence electrons. The fourth-order valence-corrected chi connectivity index (χ4v) is 5.07. The summed E-state index contributed by atoms with van der Waals surface area (Å²) in [6, 6.07) is 4.43. The van der Waals surface area contributed by atoms with Crippen LogP contribution >= 0.6 is 0 Å². The third-order valence-corrected chi connectivity index (χ3v) is 7.00. The van der Waals surface area contributed by atoms with E-state index in [1.807, 2.05) is 6.92 Å². The van der Waals surface area contributed by atoms with Crippen molar-refractivity contribution in [2.45, 2.75) is 31.1 Å². The summed E-state index contributed by atoms with van der Waals surface area (Å²) in [4.78, 5) is 27.7. The van der Waals surface area contributed by atoms with Gasteiger partial charge in [0.05, 0.1) is 12.8 Å². The Morgan fingerprint density at radius 2 is 1.67 bits per heavy atom. The van der Waals surface area contributed by atoms with Crippen LogP contribution in [0.4, 0.5) is 5.69 Å². The van der Waals surface area contributed by atoms with E-state index in [9.17, 15) is 18.0 Å². The summed E-state index contributed by atoms with van der Waals surface area (Å²) in [7, 11) is -2.40. The van der Waals surface area contributed by atoms with Crippen molar-refractivity contribution in [1.82, 2.24) is 9.21 Å². The second-order valence-electron chi connectivity index (χ2n) is 6.65. The lowest BCUT2D eigenvalue weighted by Crippen LogP contribution is -2.48. The van der Waals surface area contributed by atoms with E-state index >= 15 is 0 Å². The summed E-state index contributed by atoms with van der Waals surface area (Å²) < 4.78 is 33.1. The molecule has 2 aliphatic rings. The summed E-state index contributed by atoms with van der Waals surface area (Å²) in [6.45, 7) is 5.05. The predicted molar refractivity (Wildman–Crippen MR) is 100 cm³/mol. The normalized spacial score (nSPS) is 20.1. The molecule has 0 bridgehead atoms. The van der Waals surface area contributed by atoms with Crippen LogP contribution in [0.5, 0.6) is 5.75 Å². The zero-order valence-corrected chi connectivity index (χ0v) is 16.5. The fourth-order valence-electron chi connectivity index (χ4n) is 3.47. The second-order valence-corrected chi connectivity index (χ2v) is 8.56. The topological polar surface area (TPSA) is 87.2 Å². The number of carbonyl (C=O) groups excluding carboxylic acids is 2. The third kappa shape index (κ3) is 3.85. The molecule has 0 saturated carbocycles. The molecule has 2 saturated heterocycles. The number of rotatable bonds is 5. The molecule has 8 nitrogen and oxygen atoms in total. The predicted octanol–water partition coefficient (Wildman–Crippen LogP) is 1.06. The molecule has 27 heavy (non-hydrogen) atoms. The largest absolute Gasteiger partial charge is 0.495 e. The number of ether oxygens (including phenoxy) is 1. The molecular formula is C18H25N3O5S. The van der Waals surface area contributed by atoms with Crippen molar-refractivity contribution in [3.8, 4) is 5.75 Å². The van der Waals surface area contributed by atoms with Crippen molar-refractivity contribution in [3.63, 3.8) is 0 Å². The first-order chi connectivity index (χ1) is 12.9. The van der Waals surface area contributed by atoms with Crippen LogP contribution < -0.4 is 9.64 Å². The number of imide groups is 1. The van der Waals surface area contributed by atoms with Gasteiger partial charge in [0.2, 0.25) is 21.8 Å². The lowest BCUT2D eigenvalue weighted by molar-refractivity contribution is -0.129. The number of likely N-dealkylation sites (N-methyl/N-ethyl adjacent to an activating group) is 1. The number of methoxy groups -OCH3 is 1. The Balaban J connectivity index is 1.96. The first-order valence-electron chi connectivity index (χ1n) is 9.14. The number of piperazine rings is 1. The Morgan fingerprint density at radius 1 is 1.04 bits per heavy atom. The van der Waals surface area contributed by atoms with Gasteiger partial charge in [0.25, 0.3) is 0 Å². The standard InChI is InChI=1S/C18H25N3O5S/c1-3-19-9-11-20(12-10-19)27(24,25)16-13-14(7-8-15(16)26-2)21-17(22)5-4-6-18(21)23/h7-8,13H,3-6,9-12H2,1-2H3. The van der Waals surface area contributed by atoms with Gasteiger partial charge < -0.3 is 9.64 Å². The Hall–Kier alpha value is -1.97. The van der Waals surface area contributed by atoms with Crippen molar-refractivity contribution in [2.24, 2.45) is 0 Å². The lowest BCUT2D eigenvalue weighted by Gasteiger charge is -2.33. The molecule has 1 aromatic rings. The molecule has 9 heteroatoms. The molecule has 2 heterocycles. The molecular weight excluding hydrogens is 370 g/mol. The van der Waals surface area contributed by atoms with Gasteiger partial charge in [0.1, 0.15) is 10.6 Å². The Morgan fingerprint density at radius 3 is 2.22 bits per heavy atom. The van der Waals surface area contributed by atoms with Crippen molar-refractivity contribution in [2.75, 3.05) is 44.7 Å². The maximum absolute atomic E-state index is 13.2. The number of nitrogens with zero attached hydrogens (tertiary/aromatic N) is 3. The van der Waals surface area contributed by atoms with Crippen LogP contribution in [0.3, 0.4) is 0 Å². The quantitative estimate of drug-likeness (QED) is 0.693. The zero-order chi connectivity index (χ0) is 19.6. The summed E-state index contributed by atoms with van der Waals surface area (Å²) in [5, 5.41) is 0. The van der Waals surface area contributed by atoms with E-state index in [0.717, 1.165) is 11.4 Å². The number of piperidine rings is 1. The molecule has 0 spiro atoms. The average Bonchev–Trinajstić information content (AvgIpc) is 2.67. The highest BCUT2D eigenvalue weighted by atomic mass is 32.2. The van der Waals surface area contributed by atoms with Crippen molar-refractivity contribution in [3.05, 3.63) is 18.2 Å². The molecule has 1 aromatic carbocycles. The van der Waals surface area contributed by atoms with E-state index in [-0.39, 0.29) is 41.0 Å². The molecule has 0 aliphatic carbocycles. The van der Waals surface area contributed by atoms with E-state index < -0.39 is 10.0 Å². The van der Waals surface area contributed by atoms with Crippen LogP contribution in [-0.2, 0) is 19.6 Å². The number of carbonyl (C=O) groups is 2. The molecule has 3 rings (SSSR count). The molecule has 0 N–H and O–H groups in total. The summed E-state index contributed by atoms with van der Waals surface area (Å²) in [6.07, 6.45) is 1.08. The van der Waals surface area contributed by atoms with Gasteiger partial charge in [-0.2, -0.15) is 4.31 Å². The van der Waals surface area contributed by atoms with Crippen LogP contribution in [0, 0.1) is 0 Å².